The zero-order chi connectivity index (χ0) is 35.0. The molecule has 0 radical (unpaired) electrons. The predicted octanol–water partition coefficient (Wildman–Crippen LogP) is -1.63. The smallest absolute Gasteiger partial charge is 1.00 e. The van der Waals surface area contributed by atoms with Crippen molar-refractivity contribution in [2.75, 3.05) is 38.7 Å². The number of aliphatic hydroxyl groups is 2. The molecule has 2 heterocycles. The van der Waals surface area contributed by atoms with Gasteiger partial charge in [0.05, 0.1) is 12.1 Å². The molecule has 3 N–H and O–H groups in total. The molecule has 9 nitrogen and oxygen atoms in total. The Kier molecular flexibility index (Phi) is 33.9. The second-order valence-corrected chi connectivity index (χ2v) is 12.5. The molecule has 0 aliphatic carbocycles. The second-order valence-electron chi connectivity index (χ2n) is 12.1. The third-order valence-electron chi connectivity index (χ3n) is 8.61. The summed E-state index contributed by atoms with van der Waals surface area (Å²) >= 11 is 5.14. The molecule has 0 saturated carbocycles. The number of carbonyl (C=O) groups is 3. The van der Waals surface area contributed by atoms with Crippen LogP contribution in [0.4, 0.5) is 0 Å². The maximum Gasteiger partial charge on any atom is 1.00 e. The van der Waals surface area contributed by atoms with E-state index in [0.717, 1.165) is 45.3 Å². The van der Waals surface area contributed by atoms with E-state index in [1.165, 1.54) is 52.6 Å². The molecule has 49 heavy (non-hydrogen) atoms. The van der Waals surface area contributed by atoms with Crippen molar-refractivity contribution in [2.45, 2.75) is 104 Å². The Morgan fingerprint density at radius 1 is 0.878 bits per heavy atom. The van der Waals surface area contributed by atoms with Crippen LogP contribution in [0.25, 0.3) is 0 Å². The number of aryl methyl sites for hydroxylation is 4. The molecule has 0 aromatic heterocycles. The predicted molar refractivity (Wildman–Crippen MR) is 186 cm³/mol. The van der Waals surface area contributed by atoms with Gasteiger partial charge in [0.25, 0.3) is 6.47 Å². The number of Topliss-reactive ketones (excluding diaryl/α,β-unsaturated/α-hetero) is 2. The molecule has 2 atom stereocenters. The van der Waals surface area contributed by atoms with E-state index in [-0.39, 0.29) is 136 Å². The number of hydrogen-bond donors (Lipinski definition) is 3. The fourth-order valence-electron chi connectivity index (χ4n) is 5.93. The number of benzene rings is 2. The summed E-state index contributed by atoms with van der Waals surface area (Å²) in [4.78, 5) is 38.5. The van der Waals surface area contributed by atoms with E-state index in [4.69, 9.17) is 31.9 Å². The van der Waals surface area contributed by atoms with Crippen molar-refractivity contribution in [1.82, 2.24) is 10.2 Å². The Labute approximate surface area is 385 Å². The molecule has 266 valence electrons. The van der Waals surface area contributed by atoms with Gasteiger partial charge in [-0.1, -0.05) is 49.2 Å². The standard InChI is InChI=1S/C18H27NO2.C15H21NO.C3H7ClO.CH2O3.2K.H/c1-14-7-5-8-15(2)16(14)13-18(21)17-9-3-4-10-19(17)11-6-12-20;1-11-6-5-7-12(2)13(11)10-15(17)14-8-3-4-9-16-14;4-2-1-3-5;2-1-4-3;;;/h5,7-8,17,20H,3-4,6,9-13H2,1-2H3;5-7,14,16H,3-4,8-10H2,1-2H3;5H,1-3H2;1,3H;;;/q;;;;2*+1;-1/p-1. The van der Waals surface area contributed by atoms with Crippen molar-refractivity contribution >= 4 is 29.6 Å². The fraction of sp³-hybridized carbons (Fsp3) is 0.595. The summed E-state index contributed by atoms with van der Waals surface area (Å²) in [6.45, 7) is 11.4. The van der Waals surface area contributed by atoms with Crippen molar-refractivity contribution in [3.63, 3.8) is 0 Å². The van der Waals surface area contributed by atoms with Crippen LogP contribution in [0.1, 0.15) is 86.2 Å². The van der Waals surface area contributed by atoms with Crippen LogP contribution in [0.2, 0.25) is 0 Å². The number of likely N-dealkylation sites (tertiary alicyclic amines) is 1. The number of rotatable bonds is 12. The Morgan fingerprint density at radius 3 is 1.78 bits per heavy atom. The van der Waals surface area contributed by atoms with Crippen LogP contribution in [0.3, 0.4) is 0 Å². The SMILES string of the molecule is Cc1cccc(C)c1CC(=O)C1CCCCN1.Cc1cccc(C)c1CC(=O)C1CCCCN1CCCO.O=CO[O-].OCCCCl.[H-].[K+].[K+]. The van der Waals surface area contributed by atoms with Gasteiger partial charge in [-0.25, -0.2) is 0 Å². The summed E-state index contributed by atoms with van der Waals surface area (Å²) in [6, 6.07) is 12.6. The van der Waals surface area contributed by atoms with Crippen LogP contribution in [-0.4, -0.2) is 84.0 Å². The number of alkyl halides is 1. The summed E-state index contributed by atoms with van der Waals surface area (Å²) in [5, 5.41) is 28.8. The van der Waals surface area contributed by atoms with E-state index >= 15 is 0 Å². The molecular formula is C37H57ClK2N2O7. The van der Waals surface area contributed by atoms with Crippen LogP contribution in [0, 0.1) is 27.7 Å². The first-order valence-corrected chi connectivity index (χ1v) is 17.3. The molecule has 0 amide bonds. The minimum atomic E-state index is -0.181. The average Bonchev–Trinajstić information content (AvgIpc) is 3.08. The first-order valence-electron chi connectivity index (χ1n) is 16.8. The van der Waals surface area contributed by atoms with Crippen LogP contribution < -0.4 is 113 Å². The molecule has 2 aliphatic heterocycles. The van der Waals surface area contributed by atoms with E-state index in [9.17, 15) is 9.59 Å². The number of nitrogens with zero attached hydrogens (tertiary/aromatic N) is 1. The Morgan fingerprint density at radius 2 is 1.37 bits per heavy atom. The topological polar surface area (TPSA) is 139 Å². The summed E-state index contributed by atoms with van der Waals surface area (Å²) in [5.74, 6) is 1.25. The van der Waals surface area contributed by atoms with E-state index in [0.29, 0.717) is 36.7 Å². The number of ketones is 2. The minimum Gasteiger partial charge on any atom is -1.00 e. The number of nitrogens with one attached hydrogen (secondary N) is 1. The summed E-state index contributed by atoms with van der Waals surface area (Å²) < 4.78 is 0. The molecule has 0 spiro atoms. The van der Waals surface area contributed by atoms with Crippen LogP contribution in [0.5, 0.6) is 0 Å². The Hall–Kier alpha value is 0.613. The van der Waals surface area contributed by atoms with Gasteiger partial charge in [0.15, 0.2) is 11.6 Å². The zero-order valence-corrected chi connectivity index (χ0v) is 37.8. The van der Waals surface area contributed by atoms with E-state index in [1.54, 1.807) is 0 Å². The molecule has 2 saturated heterocycles. The zero-order valence-electron chi connectivity index (χ0n) is 31.8. The maximum atomic E-state index is 12.7. The van der Waals surface area contributed by atoms with Gasteiger partial charge >= 0.3 is 103 Å². The van der Waals surface area contributed by atoms with Gasteiger partial charge < -0.3 is 27.1 Å². The minimum absolute atomic E-state index is 0. The number of halogens is 1. The van der Waals surface area contributed by atoms with Gasteiger partial charge in [-0.05, 0) is 113 Å². The quantitative estimate of drug-likeness (QED) is 0.0768. The van der Waals surface area contributed by atoms with Crippen molar-refractivity contribution < 1.29 is 139 Å². The maximum absolute atomic E-state index is 12.7. The average molecular weight is 756 g/mol. The Balaban J connectivity index is -0.000000685. The number of hydrogen-bond acceptors (Lipinski definition) is 9. The van der Waals surface area contributed by atoms with Crippen LogP contribution in [0.15, 0.2) is 36.4 Å². The normalized spacial score (nSPS) is 16.7. The largest absolute Gasteiger partial charge is 1.00 e. The van der Waals surface area contributed by atoms with Crippen molar-refractivity contribution in [1.29, 1.82) is 0 Å². The fourth-order valence-corrected chi connectivity index (χ4v) is 6.05. The van der Waals surface area contributed by atoms with Gasteiger partial charge in [-0.3, -0.25) is 19.3 Å². The molecule has 2 aromatic rings. The second kappa shape index (κ2) is 32.1. The van der Waals surface area contributed by atoms with Gasteiger partial charge in [0, 0.05) is 38.5 Å². The Bertz CT molecular complexity index is 1160. The van der Waals surface area contributed by atoms with Gasteiger partial charge in [-0.15, -0.1) is 11.6 Å². The number of aliphatic hydroxyl groups excluding tert-OH is 2. The van der Waals surface area contributed by atoms with Crippen molar-refractivity contribution in [3.8, 4) is 0 Å². The van der Waals surface area contributed by atoms with Crippen LogP contribution >= 0.6 is 11.6 Å². The molecular weight excluding hydrogens is 698 g/mol. The van der Waals surface area contributed by atoms with E-state index in [2.05, 4.69) is 73.1 Å². The molecule has 2 fully saturated rings. The third-order valence-corrected chi connectivity index (χ3v) is 8.88. The first-order chi connectivity index (χ1) is 22.6. The van der Waals surface area contributed by atoms with Gasteiger partial charge in [-0.2, -0.15) is 0 Å². The molecule has 0 bridgehead atoms. The molecule has 12 heteroatoms. The monoisotopic (exact) mass is 754 g/mol. The molecule has 2 unspecified atom stereocenters. The van der Waals surface area contributed by atoms with E-state index < -0.39 is 0 Å². The van der Waals surface area contributed by atoms with E-state index in [1.807, 2.05) is 6.07 Å². The van der Waals surface area contributed by atoms with Gasteiger partial charge in [0.2, 0.25) is 0 Å². The van der Waals surface area contributed by atoms with Crippen molar-refractivity contribution in [2.24, 2.45) is 0 Å². The van der Waals surface area contributed by atoms with Crippen molar-refractivity contribution in [3.05, 3.63) is 69.8 Å². The summed E-state index contributed by atoms with van der Waals surface area (Å²) in [5.41, 5.74) is 7.28. The number of carbonyl (C=O) groups excluding carboxylic acids is 3. The van der Waals surface area contributed by atoms with Crippen LogP contribution in [-0.2, 0) is 32.1 Å². The molecule has 2 aromatic carbocycles. The molecule has 2 aliphatic rings. The summed E-state index contributed by atoms with van der Waals surface area (Å²) in [6.07, 6.45) is 9.24. The number of piperidine rings is 2. The third kappa shape index (κ3) is 21.2. The van der Waals surface area contributed by atoms with Gasteiger partial charge in [0.1, 0.15) is 0 Å². The molecule has 4 rings (SSSR count). The summed E-state index contributed by atoms with van der Waals surface area (Å²) in [7, 11) is 0. The first kappa shape index (κ1) is 51.7.